The van der Waals surface area contributed by atoms with Crippen molar-refractivity contribution in [2.24, 2.45) is 5.92 Å². The Balaban J connectivity index is 1.72. The van der Waals surface area contributed by atoms with Crippen LogP contribution in [-0.2, 0) is 12.3 Å². The molecule has 0 N–H and O–H groups in total. The van der Waals surface area contributed by atoms with Gasteiger partial charge in [-0.2, -0.15) is 0 Å². The quantitative estimate of drug-likeness (QED) is 0.309. The number of rotatable bonds is 5. The van der Waals surface area contributed by atoms with E-state index in [2.05, 4.69) is 39.7 Å². The Kier molecular flexibility index (Phi) is 5.48. The number of nitrogens with zero attached hydrogens (tertiary/aromatic N) is 5. The van der Waals surface area contributed by atoms with E-state index in [-0.39, 0.29) is 5.56 Å². The third-order valence-corrected chi connectivity index (χ3v) is 6.09. The minimum Gasteiger partial charge on any atom is -0.288 e. The molecule has 3 aromatic heterocycles. The Labute approximate surface area is 181 Å². The molecule has 8 heteroatoms. The summed E-state index contributed by atoms with van der Waals surface area (Å²) < 4.78 is 4.66. The van der Waals surface area contributed by atoms with E-state index in [0.717, 1.165) is 26.7 Å². The van der Waals surface area contributed by atoms with Crippen molar-refractivity contribution in [3.63, 3.8) is 0 Å². The van der Waals surface area contributed by atoms with Crippen LogP contribution in [0.25, 0.3) is 16.7 Å². The van der Waals surface area contributed by atoms with E-state index in [1.165, 1.54) is 11.8 Å². The number of hydrogen-bond acceptors (Lipinski definition) is 5. The average molecular weight is 472 g/mol. The molecule has 0 fully saturated rings. The second kappa shape index (κ2) is 7.91. The van der Waals surface area contributed by atoms with Crippen LogP contribution in [0, 0.1) is 19.8 Å². The number of aromatic nitrogens is 5. The first-order valence-electron chi connectivity index (χ1n) is 9.47. The van der Waals surface area contributed by atoms with Crippen molar-refractivity contribution in [2.45, 2.75) is 45.1 Å². The summed E-state index contributed by atoms with van der Waals surface area (Å²) in [7, 11) is 0. The fourth-order valence-electron chi connectivity index (χ4n) is 3.34. The standard InChI is InChI=1S/C21H22BrN5OS/c1-12(2)9-27-19(28)17-8-15(22)5-6-18(17)25-21(27)29-11-16-10-26-14(4)7-13(3)23-20(26)24-16/h5-8,10,12H,9,11H2,1-4H3. The van der Waals surface area contributed by atoms with Crippen LogP contribution in [-0.4, -0.2) is 23.9 Å². The van der Waals surface area contributed by atoms with Crippen LogP contribution in [0.4, 0.5) is 0 Å². The van der Waals surface area contributed by atoms with E-state index in [1.807, 2.05) is 48.7 Å². The Morgan fingerprint density at radius 2 is 1.93 bits per heavy atom. The van der Waals surface area contributed by atoms with E-state index in [1.54, 1.807) is 4.57 Å². The monoisotopic (exact) mass is 471 g/mol. The summed E-state index contributed by atoms with van der Waals surface area (Å²) in [4.78, 5) is 27.1. The van der Waals surface area contributed by atoms with Gasteiger partial charge >= 0.3 is 0 Å². The molecule has 0 aliphatic rings. The highest BCUT2D eigenvalue weighted by Crippen LogP contribution is 2.24. The first-order chi connectivity index (χ1) is 13.8. The molecule has 0 unspecified atom stereocenters. The summed E-state index contributed by atoms with van der Waals surface area (Å²) in [6.07, 6.45) is 2.01. The van der Waals surface area contributed by atoms with E-state index in [9.17, 15) is 4.79 Å². The van der Waals surface area contributed by atoms with E-state index < -0.39 is 0 Å². The SMILES string of the molecule is Cc1cc(C)n2cc(CSc3nc4ccc(Br)cc4c(=O)n3CC(C)C)nc2n1. The van der Waals surface area contributed by atoms with Crippen LogP contribution in [0.1, 0.15) is 30.9 Å². The molecule has 4 aromatic rings. The fourth-order valence-corrected chi connectivity index (χ4v) is 4.59. The molecule has 29 heavy (non-hydrogen) atoms. The summed E-state index contributed by atoms with van der Waals surface area (Å²) in [5.41, 5.74) is 3.67. The molecule has 0 saturated carbocycles. The number of benzene rings is 1. The molecular weight excluding hydrogens is 450 g/mol. The predicted octanol–water partition coefficient (Wildman–Crippen LogP) is 4.77. The van der Waals surface area contributed by atoms with Gasteiger partial charge in [0, 0.05) is 34.4 Å². The van der Waals surface area contributed by atoms with Gasteiger partial charge in [0.1, 0.15) is 0 Å². The van der Waals surface area contributed by atoms with Crippen molar-refractivity contribution in [3.8, 4) is 0 Å². The van der Waals surface area contributed by atoms with Crippen LogP contribution in [0.5, 0.6) is 0 Å². The largest absolute Gasteiger partial charge is 0.288 e. The molecule has 0 amide bonds. The minimum absolute atomic E-state index is 0.00404. The molecule has 3 heterocycles. The van der Waals surface area contributed by atoms with Crippen LogP contribution < -0.4 is 5.56 Å². The number of halogens is 1. The number of hydrogen-bond donors (Lipinski definition) is 0. The maximum Gasteiger partial charge on any atom is 0.262 e. The molecule has 0 radical (unpaired) electrons. The van der Waals surface area contributed by atoms with Gasteiger partial charge in [0.05, 0.1) is 16.6 Å². The summed E-state index contributed by atoms with van der Waals surface area (Å²) in [5, 5.41) is 1.35. The van der Waals surface area contributed by atoms with Gasteiger partial charge in [-0.25, -0.2) is 15.0 Å². The minimum atomic E-state index is -0.00404. The summed E-state index contributed by atoms with van der Waals surface area (Å²) in [5.74, 6) is 1.66. The van der Waals surface area contributed by atoms with E-state index in [4.69, 9.17) is 4.98 Å². The molecule has 150 valence electrons. The summed E-state index contributed by atoms with van der Waals surface area (Å²) in [6.45, 7) is 8.85. The molecule has 0 aliphatic heterocycles. The van der Waals surface area contributed by atoms with Crippen molar-refractivity contribution >= 4 is 44.4 Å². The molecule has 0 spiro atoms. The lowest BCUT2D eigenvalue weighted by molar-refractivity contribution is 0.475. The number of imidazole rings is 1. The van der Waals surface area contributed by atoms with Crippen LogP contribution in [0.15, 0.2) is 44.9 Å². The van der Waals surface area contributed by atoms with Gasteiger partial charge in [0.25, 0.3) is 5.56 Å². The Morgan fingerprint density at radius 3 is 2.69 bits per heavy atom. The molecule has 0 atom stereocenters. The van der Waals surface area contributed by atoms with Crippen molar-refractivity contribution in [3.05, 3.63) is 62.4 Å². The third kappa shape index (κ3) is 4.09. The summed E-state index contributed by atoms with van der Waals surface area (Å²) in [6, 6.07) is 7.67. The molecule has 0 saturated heterocycles. The molecule has 6 nitrogen and oxygen atoms in total. The van der Waals surface area contributed by atoms with Crippen molar-refractivity contribution < 1.29 is 0 Å². The lowest BCUT2D eigenvalue weighted by Gasteiger charge is -2.14. The summed E-state index contributed by atoms with van der Waals surface area (Å²) >= 11 is 4.99. The molecule has 4 rings (SSSR count). The highest BCUT2D eigenvalue weighted by atomic mass is 79.9. The zero-order chi connectivity index (χ0) is 20.7. The van der Waals surface area contributed by atoms with Gasteiger partial charge < -0.3 is 0 Å². The lowest BCUT2D eigenvalue weighted by Crippen LogP contribution is -2.25. The molecular formula is C21H22BrN5OS. The van der Waals surface area contributed by atoms with Crippen LogP contribution in [0.3, 0.4) is 0 Å². The zero-order valence-electron chi connectivity index (χ0n) is 16.8. The van der Waals surface area contributed by atoms with E-state index >= 15 is 0 Å². The molecule has 0 aliphatic carbocycles. The van der Waals surface area contributed by atoms with Gasteiger partial charge in [-0.05, 0) is 44.0 Å². The van der Waals surface area contributed by atoms with E-state index in [0.29, 0.717) is 34.9 Å². The van der Waals surface area contributed by atoms with Gasteiger partial charge in [-0.15, -0.1) is 0 Å². The zero-order valence-corrected chi connectivity index (χ0v) is 19.2. The average Bonchev–Trinajstić information content (AvgIpc) is 3.06. The van der Waals surface area contributed by atoms with Crippen LogP contribution >= 0.6 is 27.7 Å². The third-order valence-electron chi connectivity index (χ3n) is 4.59. The Morgan fingerprint density at radius 1 is 1.14 bits per heavy atom. The van der Waals surface area contributed by atoms with Gasteiger partial charge in [0.15, 0.2) is 5.16 Å². The van der Waals surface area contributed by atoms with Crippen molar-refractivity contribution in [1.82, 2.24) is 23.9 Å². The smallest absolute Gasteiger partial charge is 0.262 e. The Bertz CT molecular complexity index is 1280. The fraction of sp³-hybridized carbons (Fsp3) is 0.333. The van der Waals surface area contributed by atoms with Crippen molar-refractivity contribution in [2.75, 3.05) is 0 Å². The topological polar surface area (TPSA) is 65.1 Å². The second-order valence-electron chi connectivity index (χ2n) is 7.60. The first kappa shape index (κ1) is 20.1. The number of aryl methyl sites for hydroxylation is 2. The first-order valence-corrected chi connectivity index (χ1v) is 11.2. The highest BCUT2D eigenvalue weighted by Gasteiger charge is 2.14. The van der Waals surface area contributed by atoms with Crippen molar-refractivity contribution in [1.29, 1.82) is 0 Å². The lowest BCUT2D eigenvalue weighted by atomic mass is 10.2. The predicted molar refractivity (Wildman–Crippen MR) is 121 cm³/mol. The molecule has 0 bridgehead atoms. The van der Waals surface area contributed by atoms with Gasteiger partial charge in [0.2, 0.25) is 5.78 Å². The second-order valence-corrected chi connectivity index (χ2v) is 9.45. The van der Waals surface area contributed by atoms with Crippen LogP contribution in [0.2, 0.25) is 0 Å². The maximum absolute atomic E-state index is 13.1. The highest BCUT2D eigenvalue weighted by molar-refractivity contribution is 9.10. The Hall–Kier alpha value is -2.19. The number of thioether (sulfide) groups is 1. The number of fused-ring (bicyclic) bond motifs is 2. The van der Waals surface area contributed by atoms with Gasteiger partial charge in [-0.3, -0.25) is 13.8 Å². The normalized spacial score (nSPS) is 11.8. The molecule has 1 aromatic carbocycles. The maximum atomic E-state index is 13.1. The van der Waals surface area contributed by atoms with Gasteiger partial charge in [-0.1, -0.05) is 41.5 Å².